The molecule has 48 heavy (non-hydrogen) atoms. The Kier molecular flexibility index (Phi) is 9.69. The SMILES string of the molecule is COc1cc2cnc(Oc3ccc(NC(=O)C4(C(=O)Nc5ccc(F)cc5)[C@H](C)[C@H]4C)cc3F)nc2cc1OCCCN1CCOCC1. The van der Waals surface area contributed by atoms with Crippen LogP contribution in [0.3, 0.4) is 0 Å². The Labute approximate surface area is 276 Å². The molecule has 3 aromatic carbocycles. The monoisotopic (exact) mass is 661 g/mol. The van der Waals surface area contributed by atoms with E-state index in [0.717, 1.165) is 45.3 Å². The van der Waals surface area contributed by atoms with E-state index < -0.39 is 28.9 Å². The molecular formula is C35H37F2N5O6. The summed E-state index contributed by atoms with van der Waals surface area (Å²) in [6, 6.07) is 12.6. The normalized spacial score (nSPS) is 20.6. The fourth-order valence-corrected chi connectivity index (χ4v) is 6.11. The number of carbonyl (C=O) groups excluding carboxylic acids is 2. The summed E-state index contributed by atoms with van der Waals surface area (Å²) in [5.41, 5.74) is -0.338. The molecule has 2 heterocycles. The fourth-order valence-electron chi connectivity index (χ4n) is 6.11. The van der Waals surface area contributed by atoms with Crippen molar-refractivity contribution in [2.75, 3.05) is 57.2 Å². The van der Waals surface area contributed by atoms with Crippen LogP contribution in [0.1, 0.15) is 20.3 Å². The minimum atomic E-state index is -1.37. The number of ether oxygens (including phenoxy) is 4. The molecule has 11 nitrogen and oxygen atoms in total. The third-order valence-electron chi connectivity index (χ3n) is 9.14. The third kappa shape index (κ3) is 6.87. The molecular weight excluding hydrogens is 624 g/mol. The van der Waals surface area contributed by atoms with Crippen LogP contribution in [0.2, 0.25) is 0 Å². The Balaban J connectivity index is 1.11. The van der Waals surface area contributed by atoms with Crippen LogP contribution < -0.4 is 24.8 Å². The lowest BCUT2D eigenvalue weighted by molar-refractivity contribution is -0.132. The van der Waals surface area contributed by atoms with E-state index in [1.165, 1.54) is 36.4 Å². The fraction of sp³-hybridized carbons (Fsp3) is 0.371. The minimum absolute atomic E-state index is 0.0846. The van der Waals surface area contributed by atoms with E-state index in [-0.39, 0.29) is 29.3 Å². The van der Waals surface area contributed by atoms with Crippen molar-refractivity contribution in [3.8, 4) is 23.3 Å². The number of nitrogens with zero attached hydrogens (tertiary/aromatic N) is 3. The molecule has 1 saturated heterocycles. The highest BCUT2D eigenvalue weighted by Crippen LogP contribution is 2.59. The molecule has 0 bridgehead atoms. The molecule has 2 atom stereocenters. The predicted molar refractivity (Wildman–Crippen MR) is 174 cm³/mol. The van der Waals surface area contributed by atoms with Gasteiger partial charge < -0.3 is 29.6 Å². The summed E-state index contributed by atoms with van der Waals surface area (Å²) in [5, 5.41) is 6.05. The van der Waals surface area contributed by atoms with E-state index in [1.54, 1.807) is 39.3 Å². The minimum Gasteiger partial charge on any atom is -0.493 e. The summed E-state index contributed by atoms with van der Waals surface area (Å²) in [6.45, 7) is 8.30. The van der Waals surface area contributed by atoms with Gasteiger partial charge in [-0.3, -0.25) is 14.5 Å². The maximum atomic E-state index is 15.2. The third-order valence-corrected chi connectivity index (χ3v) is 9.14. The molecule has 1 saturated carbocycles. The number of carbonyl (C=O) groups is 2. The molecule has 13 heteroatoms. The number of aromatic nitrogens is 2. The van der Waals surface area contributed by atoms with Crippen molar-refractivity contribution in [2.24, 2.45) is 17.3 Å². The van der Waals surface area contributed by atoms with Gasteiger partial charge in [-0.25, -0.2) is 13.8 Å². The van der Waals surface area contributed by atoms with Gasteiger partial charge in [0.05, 0.1) is 32.4 Å². The summed E-state index contributed by atoms with van der Waals surface area (Å²) >= 11 is 0. The molecule has 1 aromatic heterocycles. The van der Waals surface area contributed by atoms with Crippen LogP contribution in [-0.4, -0.2) is 73.2 Å². The van der Waals surface area contributed by atoms with Crippen molar-refractivity contribution in [2.45, 2.75) is 20.3 Å². The number of methoxy groups -OCH3 is 1. The highest BCUT2D eigenvalue weighted by atomic mass is 19.1. The van der Waals surface area contributed by atoms with Gasteiger partial charge >= 0.3 is 6.01 Å². The number of morpholine rings is 1. The van der Waals surface area contributed by atoms with Crippen molar-refractivity contribution in [3.63, 3.8) is 0 Å². The number of rotatable bonds is 12. The standard InChI is InChI=1S/C35H37F2N5O6/c1-21-22(2)35(21,32(43)39-25-7-5-24(36)6-8-25)33(44)40-26-9-10-29(27(37)18-26)48-34-38-20-23-17-30(45-3)31(19-28(23)41-34)47-14-4-11-42-12-15-46-16-13-42/h5-10,17-22H,4,11-16H2,1-3H3,(H,39,43)(H,40,44)/t21-,22-/m1/s1. The lowest BCUT2D eigenvalue weighted by Crippen LogP contribution is -2.38. The maximum Gasteiger partial charge on any atom is 0.322 e. The van der Waals surface area contributed by atoms with Crippen molar-refractivity contribution >= 4 is 34.1 Å². The lowest BCUT2D eigenvalue weighted by atomic mass is 9.99. The maximum absolute atomic E-state index is 15.2. The van der Waals surface area contributed by atoms with Crippen molar-refractivity contribution in [1.82, 2.24) is 14.9 Å². The van der Waals surface area contributed by atoms with Gasteiger partial charge in [-0.1, -0.05) is 13.8 Å². The van der Waals surface area contributed by atoms with Crippen LogP contribution >= 0.6 is 0 Å². The summed E-state index contributed by atoms with van der Waals surface area (Å²) in [6.07, 6.45) is 2.38. The van der Waals surface area contributed by atoms with Crippen molar-refractivity contribution < 1.29 is 37.3 Å². The van der Waals surface area contributed by atoms with Gasteiger partial charge in [0.15, 0.2) is 23.1 Å². The zero-order valence-electron chi connectivity index (χ0n) is 26.9. The lowest BCUT2D eigenvalue weighted by Gasteiger charge is -2.26. The van der Waals surface area contributed by atoms with Gasteiger partial charge in [0.25, 0.3) is 0 Å². The van der Waals surface area contributed by atoms with Gasteiger partial charge in [-0.2, -0.15) is 4.98 Å². The molecule has 2 N–H and O–H groups in total. The van der Waals surface area contributed by atoms with E-state index in [0.29, 0.717) is 34.7 Å². The molecule has 1 aliphatic carbocycles. The molecule has 2 amide bonds. The summed E-state index contributed by atoms with van der Waals surface area (Å²) in [7, 11) is 1.56. The largest absolute Gasteiger partial charge is 0.493 e. The van der Waals surface area contributed by atoms with E-state index in [4.69, 9.17) is 18.9 Å². The van der Waals surface area contributed by atoms with Crippen LogP contribution in [0.25, 0.3) is 10.9 Å². The summed E-state index contributed by atoms with van der Waals surface area (Å²) in [5.74, 6) is -1.92. The highest BCUT2D eigenvalue weighted by molar-refractivity contribution is 6.17. The van der Waals surface area contributed by atoms with Gasteiger partial charge in [-0.05, 0) is 60.7 Å². The number of hydrogen-bond acceptors (Lipinski definition) is 9. The smallest absolute Gasteiger partial charge is 0.322 e. The first kappa shape index (κ1) is 33.0. The van der Waals surface area contributed by atoms with E-state index in [9.17, 15) is 14.0 Å². The highest BCUT2D eigenvalue weighted by Gasteiger charge is 2.69. The van der Waals surface area contributed by atoms with Gasteiger partial charge in [0.1, 0.15) is 11.2 Å². The quantitative estimate of drug-likeness (QED) is 0.146. The molecule has 0 spiro atoms. The Hall–Kier alpha value is -4.88. The number of halogens is 2. The molecule has 6 rings (SSSR count). The summed E-state index contributed by atoms with van der Waals surface area (Å²) in [4.78, 5) is 37.6. The zero-order valence-corrected chi connectivity index (χ0v) is 26.9. The van der Waals surface area contributed by atoms with Crippen LogP contribution in [0.5, 0.6) is 23.3 Å². The Morgan fingerprint density at radius 2 is 1.62 bits per heavy atom. The predicted octanol–water partition coefficient (Wildman–Crippen LogP) is 5.66. The van der Waals surface area contributed by atoms with Crippen LogP contribution in [0.15, 0.2) is 60.8 Å². The average molecular weight is 662 g/mol. The number of hydrogen-bond donors (Lipinski definition) is 2. The van der Waals surface area contributed by atoms with Gasteiger partial charge in [0, 0.05) is 54.7 Å². The number of benzene rings is 3. The average Bonchev–Trinajstić information content (AvgIpc) is 3.65. The first-order valence-corrected chi connectivity index (χ1v) is 15.8. The number of anilines is 2. The number of amides is 2. The van der Waals surface area contributed by atoms with Crippen molar-refractivity contribution in [3.05, 3.63) is 72.4 Å². The molecule has 0 radical (unpaired) electrons. The second-order valence-electron chi connectivity index (χ2n) is 12.0. The first-order valence-electron chi connectivity index (χ1n) is 15.8. The molecule has 252 valence electrons. The van der Waals surface area contributed by atoms with E-state index in [2.05, 4.69) is 25.5 Å². The Morgan fingerprint density at radius 1 is 0.938 bits per heavy atom. The second kappa shape index (κ2) is 14.1. The first-order chi connectivity index (χ1) is 23.2. The van der Waals surface area contributed by atoms with Crippen LogP contribution in [0, 0.1) is 28.9 Å². The number of fused-ring (bicyclic) bond motifs is 1. The molecule has 0 unspecified atom stereocenters. The second-order valence-corrected chi connectivity index (χ2v) is 12.0. The molecule has 4 aromatic rings. The van der Waals surface area contributed by atoms with E-state index in [1.807, 2.05) is 0 Å². The van der Waals surface area contributed by atoms with E-state index >= 15 is 4.39 Å². The number of nitrogens with one attached hydrogen (secondary N) is 2. The van der Waals surface area contributed by atoms with Crippen LogP contribution in [0.4, 0.5) is 20.2 Å². The topological polar surface area (TPSA) is 124 Å². The molecule has 1 aliphatic heterocycles. The Bertz CT molecular complexity index is 1790. The summed E-state index contributed by atoms with van der Waals surface area (Å²) < 4.78 is 51.1. The zero-order chi connectivity index (χ0) is 33.8. The van der Waals surface area contributed by atoms with Gasteiger partial charge in [-0.15, -0.1) is 0 Å². The molecule has 2 aliphatic rings. The Morgan fingerprint density at radius 3 is 2.29 bits per heavy atom. The van der Waals surface area contributed by atoms with Gasteiger partial charge in [0.2, 0.25) is 11.8 Å². The van der Waals surface area contributed by atoms with Crippen LogP contribution in [-0.2, 0) is 14.3 Å². The van der Waals surface area contributed by atoms with Crippen molar-refractivity contribution in [1.29, 1.82) is 0 Å². The molecule has 2 fully saturated rings.